The van der Waals surface area contributed by atoms with Crippen LogP contribution in [0.25, 0.3) is 0 Å². The van der Waals surface area contributed by atoms with Crippen LogP contribution in [-0.4, -0.2) is 32.9 Å². The minimum Gasteiger partial charge on any atom is -0.393 e. The summed E-state index contributed by atoms with van der Waals surface area (Å²) < 4.78 is 24.6. The quantitative estimate of drug-likeness (QED) is 0.926. The lowest BCUT2D eigenvalue weighted by molar-refractivity contribution is 0.194. The van der Waals surface area contributed by atoms with E-state index in [4.69, 9.17) is 11.6 Å². The van der Waals surface area contributed by atoms with Crippen molar-refractivity contribution in [2.24, 2.45) is 5.92 Å². The summed E-state index contributed by atoms with van der Waals surface area (Å²) in [5.74, 6) is 0.233. The number of rotatable bonds is 4. The Morgan fingerprint density at radius 1 is 1.53 bits per heavy atom. The van der Waals surface area contributed by atoms with Crippen molar-refractivity contribution in [2.45, 2.75) is 18.4 Å². The highest BCUT2D eigenvalue weighted by Gasteiger charge is 2.43. The molecule has 1 radical (unpaired) electrons. The third-order valence-corrected chi connectivity index (χ3v) is 4.99. The number of sulfonamides is 1. The molecule has 1 fully saturated rings. The van der Waals surface area contributed by atoms with E-state index in [1.807, 2.05) is 6.07 Å². The van der Waals surface area contributed by atoms with Crippen molar-refractivity contribution in [2.75, 3.05) is 17.6 Å². The molecule has 1 saturated carbocycles. The first-order valence-electron chi connectivity index (χ1n) is 5.96. The highest BCUT2D eigenvalue weighted by molar-refractivity contribution is 7.92. The van der Waals surface area contributed by atoms with Gasteiger partial charge in [-0.05, 0) is 42.9 Å². The number of hydrogen-bond acceptors (Lipinski definition) is 3. The van der Waals surface area contributed by atoms with Crippen molar-refractivity contribution in [3.63, 3.8) is 0 Å². The molecule has 0 spiro atoms. The Hall–Kier alpha value is -0.780. The summed E-state index contributed by atoms with van der Waals surface area (Å²) in [5, 5.41) is 9.99. The fraction of sp³-hybridized carbons (Fsp3) is 0.462. The Balaban J connectivity index is 2.40. The van der Waals surface area contributed by atoms with Crippen molar-refractivity contribution in [1.82, 2.24) is 0 Å². The zero-order chi connectivity index (χ0) is 14.4. The zero-order valence-corrected chi connectivity index (χ0v) is 12.4. The number of nitrogens with zero attached hydrogens (tertiary/aromatic N) is 1. The number of hydrogen-bond donors (Lipinski definition) is 1. The molecule has 1 N–H and O–H groups in total. The van der Waals surface area contributed by atoms with Gasteiger partial charge in [-0.3, -0.25) is 4.31 Å². The Labute approximate surface area is 119 Å². The molecule has 0 aliphatic heterocycles. The molecule has 3 atom stereocenters. The largest absolute Gasteiger partial charge is 0.393 e. The molecule has 1 aliphatic rings. The lowest BCUT2D eigenvalue weighted by Crippen LogP contribution is -2.26. The average molecular weight is 303 g/mol. The van der Waals surface area contributed by atoms with Crippen LogP contribution in [0.3, 0.4) is 0 Å². The van der Waals surface area contributed by atoms with E-state index >= 15 is 0 Å². The highest BCUT2D eigenvalue weighted by atomic mass is 35.5. The molecule has 3 unspecified atom stereocenters. The molecule has 19 heavy (non-hydrogen) atoms. The van der Waals surface area contributed by atoms with Gasteiger partial charge >= 0.3 is 0 Å². The average Bonchev–Trinajstić information content (AvgIpc) is 3.06. The van der Waals surface area contributed by atoms with Crippen LogP contribution in [0.15, 0.2) is 18.2 Å². The molecule has 1 aromatic rings. The Kier molecular flexibility index (Phi) is 3.82. The predicted molar refractivity (Wildman–Crippen MR) is 76.9 cm³/mol. The Bertz CT molecular complexity index is 586. The minimum atomic E-state index is -3.34. The van der Waals surface area contributed by atoms with E-state index in [1.165, 1.54) is 11.4 Å². The molecular weight excluding hydrogens is 286 g/mol. The molecule has 4 nitrogen and oxygen atoms in total. The molecule has 0 saturated heterocycles. The molecule has 1 aliphatic carbocycles. The van der Waals surface area contributed by atoms with Gasteiger partial charge in [0.2, 0.25) is 10.0 Å². The lowest BCUT2D eigenvalue weighted by Gasteiger charge is -2.21. The van der Waals surface area contributed by atoms with Crippen LogP contribution < -0.4 is 4.31 Å². The van der Waals surface area contributed by atoms with Gasteiger partial charge in [0.25, 0.3) is 0 Å². The molecule has 0 heterocycles. The van der Waals surface area contributed by atoms with Gasteiger partial charge in [-0.15, -0.1) is 0 Å². The SMILES string of the molecule is [CH2]C(O)C1CC1c1ccc(Cl)cc1N(C)S(C)(=O)=O. The molecule has 1 aromatic carbocycles. The zero-order valence-electron chi connectivity index (χ0n) is 10.9. The van der Waals surface area contributed by atoms with Crippen LogP contribution >= 0.6 is 11.6 Å². The van der Waals surface area contributed by atoms with E-state index in [2.05, 4.69) is 6.92 Å². The Morgan fingerprint density at radius 3 is 2.63 bits per heavy atom. The van der Waals surface area contributed by atoms with E-state index in [1.54, 1.807) is 12.1 Å². The summed E-state index contributed by atoms with van der Waals surface area (Å²) in [7, 11) is -1.84. The third-order valence-electron chi connectivity index (χ3n) is 3.56. The molecular formula is C13H17ClNO3S. The third kappa shape index (κ3) is 3.04. The van der Waals surface area contributed by atoms with E-state index in [-0.39, 0.29) is 11.8 Å². The normalized spacial score (nSPS) is 24.1. The second kappa shape index (κ2) is 4.96. The van der Waals surface area contributed by atoms with Crippen molar-refractivity contribution >= 4 is 27.3 Å². The number of halogens is 1. The number of aliphatic hydroxyl groups is 1. The van der Waals surface area contributed by atoms with Crippen molar-refractivity contribution in [3.8, 4) is 0 Å². The molecule has 6 heteroatoms. The first-order chi connectivity index (χ1) is 8.71. The molecule has 0 amide bonds. The number of anilines is 1. The molecule has 0 aromatic heterocycles. The summed E-state index contributed by atoms with van der Waals surface area (Å²) in [6, 6.07) is 5.20. The second-order valence-electron chi connectivity index (χ2n) is 5.01. The predicted octanol–water partition coefficient (Wildman–Crippen LogP) is 2.03. The fourth-order valence-electron chi connectivity index (χ4n) is 2.28. The first-order valence-corrected chi connectivity index (χ1v) is 8.19. The van der Waals surface area contributed by atoms with Crippen LogP contribution in [0.5, 0.6) is 0 Å². The van der Waals surface area contributed by atoms with Crippen molar-refractivity contribution < 1.29 is 13.5 Å². The second-order valence-corrected chi connectivity index (χ2v) is 7.46. The molecule has 0 bridgehead atoms. The van der Waals surface area contributed by atoms with Gasteiger partial charge in [0.1, 0.15) is 0 Å². The van der Waals surface area contributed by atoms with Crippen LogP contribution in [-0.2, 0) is 10.0 Å². The number of aliphatic hydroxyl groups excluding tert-OH is 1. The van der Waals surface area contributed by atoms with Gasteiger partial charge in [0.15, 0.2) is 0 Å². The van der Waals surface area contributed by atoms with Gasteiger partial charge < -0.3 is 5.11 Å². The van der Waals surface area contributed by atoms with Crippen LogP contribution in [0, 0.1) is 12.8 Å². The van der Waals surface area contributed by atoms with Gasteiger partial charge in [-0.1, -0.05) is 17.7 Å². The maximum atomic E-state index is 11.7. The van der Waals surface area contributed by atoms with Crippen molar-refractivity contribution in [3.05, 3.63) is 35.7 Å². The highest BCUT2D eigenvalue weighted by Crippen LogP contribution is 2.52. The van der Waals surface area contributed by atoms with Gasteiger partial charge in [-0.25, -0.2) is 8.42 Å². The minimum absolute atomic E-state index is 0.0906. The summed E-state index contributed by atoms with van der Waals surface area (Å²) in [5.41, 5.74) is 1.47. The van der Waals surface area contributed by atoms with Gasteiger partial charge in [0, 0.05) is 12.1 Å². The molecule has 2 rings (SSSR count). The van der Waals surface area contributed by atoms with Crippen LogP contribution in [0.4, 0.5) is 5.69 Å². The van der Waals surface area contributed by atoms with Gasteiger partial charge in [-0.2, -0.15) is 0 Å². The maximum Gasteiger partial charge on any atom is 0.232 e. The van der Waals surface area contributed by atoms with E-state index < -0.39 is 16.1 Å². The maximum absolute atomic E-state index is 11.7. The fourth-order valence-corrected chi connectivity index (χ4v) is 2.96. The summed E-state index contributed by atoms with van der Waals surface area (Å²) in [4.78, 5) is 0. The Morgan fingerprint density at radius 2 is 2.16 bits per heavy atom. The monoisotopic (exact) mass is 302 g/mol. The van der Waals surface area contributed by atoms with E-state index in [0.29, 0.717) is 10.7 Å². The summed E-state index contributed by atoms with van der Waals surface area (Å²) in [6.07, 6.45) is 1.34. The van der Waals surface area contributed by atoms with E-state index in [9.17, 15) is 13.5 Å². The summed E-state index contributed by atoms with van der Waals surface area (Å²) in [6.45, 7) is 3.61. The standard InChI is InChI=1S/C13H17ClNO3S/c1-8(16)11-7-12(11)10-5-4-9(14)6-13(10)15(2)19(3,17)18/h4-6,8,11-12,16H,1,7H2,2-3H3. The van der Waals surface area contributed by atoms with Gasteiger partial charge in [0.05, 0.1) is 18.0 Å². The van der Waals surface area contributed by atoms with Crippen LogP contribution in [0.2, 0.25) is 5.02 Å². The smallest absolute Gasteiger partial charge is 0.232 e. The topological polar surface area (TPSA) is 57.6 Å². The molecule has 105 valence electrons. The summed E-state index contributed by atoms with van der Waals surface area (Å²) >= 11 is 5.95. The van der Waals surface area contributed by atoms with E-state index in [0.717, 1.165) is 18.2 Å². The first kappa shape index (κ1) is 14.6. The van der Waals surface area contributed by atoms with Crippen molar-refractivity contribution in [1.29, 1.82) is 0 Å². The lowest BCUT2D eigenvalue weighted by atomic mass is 10.1. The van der Waals surface area contributed by atoms with Crippen LogP contribution in [0.1, 0.15) is 17.9 Å². The number of benzene rings is 1.